The van der Waals surface area contributed by atoms with Crippen LogP contribution in [-0.2, 0) is 13.0 Å². The summed E-state index contributed by atoms with van der Waals surface area (Å²) in [7, 11) is 0. The highest BCUT2D eigenvalue weighted by Crippen LogP contribution is 2.20. The van der Waals surface area contributed by atoms with Gasteiger partial charge in [0.2, 0.25) is 0 Å². The molecule has 1 rings (SSSR count). The molecule has 2 N–H and O–H groups in total. The highest BCUT2D eigenvalue weighted by molar-refractivity contribution is 5.02. The van der Waals surface area contributed by atoms with E-state index in [1.54, 1.807) is 16.9 Å². The Bertz CT molecular complexity index is 292. The maximum atomic E-state index is 12.1. The molecule has 0 aliphatic rings. The quantitative estimate of drug-likeness (QED) is 0.812. The number of rotatable bonds is 3. The molecule has 0 aliphatic carbocycles. The molecular formula is C8H12F3N3. The van der Waals surface area contributed by atoms with Gasteiger partial charge < -0.3 is 5.73 Å². The molecular weight excluding hydrogens is 195 g/mol. The molecule has 0 bridgehead atoms. The Morgan fingerprint density at radius 3 is 2.64 bits per heavy atom. The molecule has 0 aromatic carbocycles. The third kappa shape index (κ3) is 2.73. The van der Waals surface area contributed by atoms with Crippen LogP contribution in [0.25, 0.3) is 0 Å². The van der Waals surface area contributed by atoms with E-state index in [-0.39, 0.29) is 6.42 Å². The van der Waals surface area contributed by atoms with Gasteiger partial charge in [-0.25, -0.2) is 0 Å². The minimum atomic E-state index is -4.35. The van der Waals surface area contributed by atoms with E-state index in [1.165, 1.54) is 0 Å². The van der Waals surface area contributed by atoms with Gasteiger partial charge in [0.1, 0.15) is 6.04 Å². The maximum Gasteiger partial charge on any atom is 0.404 e. The molecule has 0 spiro atoms. The summed E-state index contributed by atoms with van der Waals surface area (Å²) < 4.78 is 37.8. The second-order valence-corrected chi connectivity index (χ2v) is 3.01. The molecule has 0 aliphatic heterocycles. The highest BCUT2D eigenvalue weighted by Gasteiger charge is 2.36. The molecule has 1 aromatic heterocycles. The van der Waals surface area contributed by atoms with Gasteiger partial charge in [-0.05, 0) is 13.0 Å². The number of alkyl halides is 3. The minimum absolute atomic E-state index is 0.267. The average Bonchev–Trinajstić information content (AvgIpc) is 2.50. The van der Waals surface area contributed by atoms with Gasteiger partial charge in [-0.2, -0.15) is 18.3 Å². The molecule has 80 valence electrons. The normalized spacial score (nSPS) is 14.4. The molecule has 0 fully saturated rings. The zero-order valence-electron chi connectivity index (χ0n) is 7.75. The van der Waals surface area contributed by atoms with Crippen LogP contribution < -0.4 is 5.73 Å². The third-order valence-electron chi connectivity index (χ3n) is 1.87. The lowest BCUT2D eigenvalue weighted by molar-refractivity contribution is -0.147. The molecule has 3 nitrogen and oxygen atoms in total. The molecule has 1 unspecified atom stereocenters. The van der Waals surface area contributed by atoms with Crippen LogP contribution in [-0.4, -0.2) is 22.0 Å². The molecule has 1 heterocycles. The number of halogens is 3. The molecule has 6 heteroatoms. The molecule has 1 aromatic rings. The third-order valence-corrected chi connectivity index (χ3v) is 1.87. The number of nitrogens with two attached hydrogens (primary N) is 1. The molecule has 0 amide bonds. The monoisotopic (exact) mass is 207 g/mol. The van der Waals surface area contributed by atoms with Gasteiger partial charge in [0.05, 0.1) is 5.69 Å². The Morgan fingerprint density at radius 1 is 1.57 bits per heavy atom. The fourth-order valence-corrected chi connectivity index (χ4v) is 1.03. The molecule has 14 heavy (non-hydrogen) atoms. The SMILES string of the molecule is CCn1ccc(CC(N)C(F)(F)F)n1. The van der Waals surface area contributed by atoms with Crippen molar-refractivity contribution in [2.24, 2.45) is 5.73 Å². The van der Waals surface area contributed by atoms with Crippen molar-refractivity contribution in [3.63, 3.8) is 0 Å². The van der Waals surface area contributed by atoms with Crippen LogP contribution in [0.3, 0.4) is 0 Å². The topological polar surface area (TPSA) is 43.8 Å². The standard InChI is InChI=1S/C8H12F3N3/c1-2-14-4-3-6(13-14)5-7(12)8(9,10)11/h3-4,7H,2,5,12H2,1H3. The van der Waals surface area contributed by atoms with Crippen molar-refractivity contribution in [3.8, 4) is 0 Å². The van der Waals surface area contributed by atoms with Gasteiger partial charge in [0.15, 0.2) is 0 Å². The number of hydrogen-bond donors (Lipinski definition) is 1. The summed E-state index contributed by atoms with van der Waals surface area (Å²) in [6, 6.07) is -0.280. The van der Waals surface area contributed by atoms with E-state index < -0.39 is 12.2 Å². The van der Waals surface area contributed by atoms with E-state index in [0.717, 1.165) is 0 Å². The Labute approximate surface area is 79.7 Å². The van der Waals surface area contributed by atoms with E-state index in [9.17, 15) is 13.2 Å². The summed E-state index contributed by atoms with van der Waals surface area (Å²) in [4.78, 5) is 0. The van der Waals surface area contributed by atoms with Crippen molar-refractivity contribution in [3.05, 3.63) is 18.0 Å². The van der Waals surface area contributed by atoms with Crippen LogP contribution in [0.4, 0.5) is 13.2 Å². The second kappa shape index (κ2) is 4.00. The predicted molar refractivity (Wildman–Crippen MR) is 45.6 cm³/mol. The lowest BCUT2D eigenvalue weighted by Gasteiger charge is -2.13. The molecule has 0 saturated heterocycles. The van der Waals surface area contributed by atoms with Crippen molar-refractivity contribution in [1.82, 2.24) is 9.78 Å². The van der Waals surface area contributed by atoms with Crippen molar-refractivity contribution < 1.29 is 13.2 Å². The van der Waals surface area contributed by atoms with E-state index in [1.807, 2.05) is 6.92 Å². The summed E-state index contributed by atoms with van der Waals surface area (Å²) in [5.74, 6) is 0. The summed E-state index contributed by atoms with van der Waals surface area (Å²) in [5.41, 5.74) is 5.33. The maximum absolute atomic E-state index is 12.1. The lowest BCUT2D eigenvalue weighted by Crippen LogP contribution is -2.39. The van der Waals surface area contributed by atoms with Gasteiger partial charge in [-0.1, -0.05) is 0 Å². The smallest absolute Gasteiger partial charge is 0.320 e. The van der Waals surface area contributed by atoms with Crippen LogP contribution in [0, 0.1) is 0 Å². The van der Waals surface area contributed by atoms with E-state index in [4.69, 9.17) is 5.73 Å². The van der Waals surface area contributed by atoms with Crippen molar-refractivity contribution >= 4 is 0 Å². The van der Waals surface area contributed by atoms with Gasteiger partial charge >= 0.3 is 6.18 Å². The fourth-order valence-electron chi connectivity index (χ4n) is 1.03. The first-order chi connectivity index (χ1) is 6.43. The zero-order valence-corrected chi connectivity index (χ0v) is 7.75. The van der Waals surface area contributed by atoms with E-state index in [0.29, 0.717) is 12.2 Å². The average molecular weight is 207 g/mol. The fraction of sp³-hybridized carbons (Fsp3) is 0.625. The molecule has 0 radical (unpaired) electrons. The van der Waals surface area contributed by atoms with Crippen LogP contribution in [0.5, 0.6) is 0 Å². The highest BCUT2D eigenvalue weighted by atomic mass is 19.4. The Kier molecular flexibility index (Phi) is 3.15. The Balaban J connectivity index is 2.60. The minimum Gasteiger partial charge on any atom is -0.320 e. The summed E-state index contributed by atoms with van der Waals surface area (Å²) >= 11 is 0. The number of aryl methyl sites for hydroxylation is 1. The zero-order chi connectivity index (χ0) is 10.8. The summed E-state index contributed by atoms with van der Waals surface area (Å²) in [6.07, 6.45) is -2.98. The summed E-state index contributed by atoms with van der Waals surface area (Å²) in [5, 5.41) is 3.92. The van der Waals surface area contributed by atoms with E-state index >= 15 is 0 Å². The van der Waals surface area contributed by atoms with Gasteiger partial charge in [-0.3, -0.25) is 4.68 Å². The number of hydrogen-bond acceptors (Lipinski definition) is 2. The first-order valence-electron chi connectivity index (χ1n) is 4.28. The van der Waals surface area contributed by atoms with Crippen molar-refractivity contribution in [2.75, 3.05) is 0 Å². The van der Waals surface area contributed by atoms with Crippen LogP contribution in [0.2, 0.25) is 0 Å². The largest absolute Gasteiger partial charge is 0.404 e. The van der Waals surface area contributed by atoms with Gasteiger partial charge in [0, 0.05) is 19.2 Å². The predicted octanol–water partition coefficient (Wildman–Crippen LogP) is 1.34. The molecule has 0 saturated carbocycles. The first kappa shape index (κ1) is 11.0. The van der Waals surface area contributed by atoms with Crippen LogP contribution >= 0.6 is 0 Å². The number of nitrogens with zero attached hydrogens (tertiary/aromatic N) is 2. The summed E-state index contributed by atoms with van der Waals surface area (Å²) in [6.45, 7) is 2.50. The Morgan fingerprint density at radius 2 is 2.21 bits per heavy atom. The van der Waals surface area contributed by atoms with Crippen molar-refractivity contribution in [1.29, 1.82) is 0 Å². The second-order valence-electron chi connectivity index (χ2n) is 3.01. The number of aromatic nitrogens is 2. The first-order valence-corrected chi connectivity index (χ1v) is 4.28. The van der Waals surface area contributed by atoms with Gasteiger partial charge in [-0.15, -0.1) is 0 Å². The van der Waals surface area contributed by atoms with Crippen LogP contribution in [0.1, 0.15) is 12.6 Å². The van der Waals surface area contributed by atoms with Gasteiger partial charge in [0.25, 0.3) is 0 Å². The van der Waals surface area contributed by atoms with Crippen LogP contribution in [0.15, 0.2) is 12.3 Å². The lowest BCUT2D eigenvalue weighted by atomic mass is 10.2. The Hall–Kier alpha value is -1.04. The molecule has 1 atom stereocenters. The van der Waals surface area contributed by atoms with Crippen molar-refractivity contribution in [2.45, 2.75) is 32.1 Å². The van der Waals surface area contributed by atoms with E-state index in [2.05, 4.69) is 5.10 Å².